The fourth-order valence-corrected chi connectivity index (χ4v) is 4.24. The van der Waals surface area contributed by atoms with E-state index in [1.807, 2.05) is 25.1 Å². The van der Waals surface area contributed by atoms with Gasteiger partial charge in [0.25, 0.3) is 0 Å². The van der Waals surface area contributed by atoms with Crippen LogP contribution in [0.2, 0.25) is 0 Å². The summed E-state index contributed by atoms with van der Waals surface area (Å²) >= 11 is 0. The van der Waals surface area contributed by atoms with E-state index < -0.39 is 0 Å². The molecule has 2 saturated heterocycles. The second kappa shape index (κ2) is 8.17. The third-order valence-corrected chi connectivity index (χ3v) is 6.24. The molecule has 1 aromatic carbocycles. The van der Waals surface area contributed by atoms with E-state index in [2.05, 4.69) is 4.90 Å². The van der Waals surface area contributed by atoms with Crippen molar-refractivity contribution >= 4 is 6.09 Å². The molecule has 7 nitrogen and oxygen atoms in total. The molecule has 1 unspecified atom stereocenters. The zero-order valence-corrected chi connectivity index (χ0v) is 16.8. The molecule has 1 aromatic rings. The molecule has 0 saturated carbocycles. The van der Waals surface area contributed by atoms with Crippen LogP contribution in [0.25, 0.3) is 0 Å². The van der Waals surface area contributed by atoms with Crippen LogP contribution in [0.4, 0.5) is 4.79 Å². The van der Waals surface area contributed by atoms with E-state index >= 15 is 0 Å². The summed E-state index contributed by atoms with van der Waals surface area (Å²) in [5, 5.41) is 0. The Hall–Kier alpha value is -1.99. The Morgan fingerprint density at radius 1 is 1.29 bits per heavy atom. The van der Waals surface area contributed by atoms with E-state index in [-0.39, 0.29) is 24.5 Å². The van der Waals surface area contributed by atoms with Gasteiger partial charge in [-0.15, -0.1) is 0 Å². The van der Waals surface area contributed by atoms with Crippen LogP contribution in [-0.2, 0) is 15.9 Å². The van der Waals surface area contributed by atoms with Crippen LogP contribution < -0.4 is 9.47 Å². The summed E-state index contributed by atoms with van der Waals surface area (Å²) < 4.78 is 21.8. The van der Waals surface area contributed by atoms with Crippen LogP contribution in [0, 0.1) is 0 Å². The van der Waals surface area contributed by atoms with Gasteiger partial charge in [0.15, 0.2) is 11.5 Å². The lowest BCUT2D eigenvalue weighted by molar-refractivity contribution is -0.158. The summed E-state index contributed by atoms with van der Waals surface area (Å²) in [5.41, 5.74) is 1.31. The van der Waals surface area contributed by atoms with Gasteiger partial charge in [0.2, 0.25) is 6.79 Å². The number of carbonyl (C=O) groups is 1. The number of amides is 1. The average Bonchev–Trinajstić information content (AvgIpc) is 3.14. The highest BCUT2D eigenvalue weighted by molar-refractivity contribution is 5.67. The minimum absolute atomic E-state index is 0.0224. The molecule has 0 N–H and O–H groups in total. The summed E-state index contributed by atoms with van der Waals surface area (Å²) in [6.07, 6.45) is 4.12. The molecule has 4 rings (SSSR count). The molecule has 3 aliphatic rings. The molecule has 3 heterocycles. The van der Waals surface area contributed by atoms with Crippen molar-refractivity contribution in [3.05, 3.63) is 23.8 Å². The first kappa shape index (κ1) is 19.3. The highest BCUT2D eigenvalue weighted by atomic mass is 16.7. The lowest BCUT2D eigenvalue weighted by atomic mass is 9.85. The van der Waals surface area contributed by atoms with Crippen molar-refractivity contribution in [2.45, 2.75) is 44.2 Å². The normalized spacial score (nSPS) is 21.2. The molecule has 154 valence electrons. The molecule has 0 bridgehead atoms. The number of nitrogens with zero attached hydrogens (tertiary/aromatic N) is 2. The molecule has 3 aliphatic heterocycles. The topological polar surface area (TPSA) is 60.5 Å². The smallest absolute Gasteiger partial charge is 0.409 e. The predicted octanol–water partition coefficient (Wildman–Crippen LogP) is 2.67. The van der Waals surface area contributed by atoms with E-state index in [9.17, 15) is 4.79 Å². The minimum Gasteiger partial charge on any atom is -0.454 e. The number of rotatable bonds is 6. The SMILES string of the molecule is CC(Cc1ccc2c(c1)OCO2)N(C)C(=O)OCCN1CCCCC12COC2. The average molecular weight is 390 g/mol. The zero-order valence-electron chi connectivity index (χ0n) is 16.8. The van der Waals surface area contributed by atoms with E-state index in [4.69, 9.17) is 18.9 Å². The molecule has 0 aliphatic carbocycles. The fourth-order valence-electron chi connectivity index (χ4n) is 4.24. The van der Waals surface area contributed by atoms with Gasteiger partial charge >= 0.3 is 6.09 Å². The fraction of sp³-hybridized carbons (Fsp3) is 0.667. The van der Waals surface area contributed by atoms with E-state index in [1.54, 1.807) is 11.9 Å². The van der Waals surface area contributed by atoms with Crippen molar-refractivity contribution in [1.29, 1.82) is 0 Å². The summed E-state index contributed by atoms with van der Waals surface area (Å²) in [5.74, 6) is 1.54. The Morgan fingerprint density at radius 3 is 2.89 bits per heavy atom. The van der Waals surface area contributed by atoms with Crippen molar-refractivity contribution < 1.29 is 23.7 Å². The summed E-state index contributed by atoms with van der Waals surface area (Å²) in [4.78, 5) is 16.6. The molecule has 7 heteroatoms. The molecular formula is C21H30N2O5. The standard InChI is InChI=1S/C21H30N2O5/c1-16(11-17-5-6-18-19(12-17)28-15-27-18)22(2)20(24)26-10-9-23-8-4-3-7-21(23)13-25-14-21/h5-6,12,16H,3-4,7-11,13-15H2,1-2H3. The number of carbonyl (C=O) groups excluding carboxylic acids is 1. The van der Waals surface area contributed by atoms with Gasteiger partial charge in [-0.05, 0) is 50.4 Å². The number of likely N-dealkylation sites (tertiary alicyclic amines) is 1. The van der Waals surface area contributed by atoms with Gasteiger partial charge < -0.3 is 23.8 Å². The molecule has 0 aromatic heterocycles. The highest BCUT2D eigenvalue weighted by Crippen LogP contribution is 2.34. The van der Waals surface area contributed by atoms with E-state index in [0.29, 0.717) is 6.61 Å². The van der Waals surface area contributed by atoms with Crippen LogP contribution in [0.15, 0.2) is 18.2 Å². The van der Waals surface area contributed by atoms with Crippen molar-refractivity contribution in [1.82, 2.24) is 9.80 Å². The second-order valence-corrected chi connectivity index (χ2v) is 8.13. The molecule has 0 radical (unpaired) electrons. The van der Waals surface area contributed by atoms with Gasteiger partial charge in [0, 0.05) is 19.6 Å². The second-order valence-electron chi connectivity index (χ2n) is 8.13. The Balaban J connectivity index is 1.23. The van der Waals surface area contributed by atoms with Crippen molar-refractivity contribution in [3.63, 3.8) is 0 Å². The van der Waals surface area contributed by atoms with E-state index in [1.165, 1.54) is 19.3 Å². The first-order valence-electron chi connectivity index (χ1n) is 10.2. The maximum Gasteiger partial charge on any atom is 0.409 e. The van der Waals surface area contributed by atoms with Crippen LogP contribution in [0.5, 0.6) is 11.5 Å². The van der Waals surface area contributed by atoms with Crippen LogP contribution in [0.1, 0.15) is 31.7 Å². The Morgan fingerprint density at radius 2 is 2.11 bits per heavy atom. The summed E-state index contributed by atoms with van der Waals surface area (Å²) in [6, 6.07) is 5.93. The maximum absolute atomic E-state index is 12.5. The number of hydrogen-bond acceptors (Lipinski definition) is 6. The van der Waals surface area contributed by atoms with Gasteiger partial charge in [-0.3, -0.25) is 4.90 Å². The quantitative estimate of drug-likeness (QED) is 0.744. The van der Waals surface area contributed by atoms with Gasteiger partial charge in [-0.2, -0.15) is 0 Å². The molecule has 2 fully saturated rings. The Bertz CT molecular complexity index is 706. The largest absolute Gasteiger partial charge is 0.454 e. The number of fused-ring (bicyclic) bond motifs is 1. The molecule has 1 atom stereocenters. The number of hydrogen-bond donors (Lipinski definition) is 0. The van der Waals surface area contributed by atoms with Crippen LogP contribution in [-0.4, -0.2) is 74.2 Å². The molecule has 1 amide bonds. The van der Waals surface area contributed by atoms with Gasteiger partial charge in [0.05, 0.1) is 18.8 Å². The highest BCUT2D eigenvalue weighted by Gasteiger charge is 2.45. The lowest BCUT2D eigenvalue weighted by Crippen LogP contribution is -2.64. The van der Waals surface area contributed by atoms with Gasteiger partial charge in [0.1, 0.15) is 6.61 Å². The number of likely N-dealkylation sites (N-methyl/N-ethyl adjacent to an activating group) is 1. The monoisotopic (exact) mass is 390 g/mol. The number of benzene rings is 1. The Labute approximate surface area is 166 Å². The van der Waals surface area contributed by atoms with Gasteiger partial charge in [-0.25, -0.2) is 4.79 Å². The van der Waals surface area contributed by atoms with Crippen molar-refractivity contribution in [3.8, 4) is 11.5 Å². The number of ether oxygens (including phenoxy) is 4. The van der Waals surface area contributed by atoms with Crippen LogP contribution >= 0.6 is 0 Å². The molecule has 1 spiro atoms. The lowest BCUT2D eigenvalue weighted by Gasteiger charge is -2.52. The Kier molecular flexibility index (Phi) is 5.64. The summed E-state index contributed by atoms with van der Waals surface area (Å²) in [6.45, 7) is 6.18. The van der Waals surface area contributed by atoms with E-state index in [0.717, 1.165) is 49.8 Å². The zero-order chi connectivity index (χ0) is 19.6. The minimum atomic E-state index is -0.274. The van der Waals surface area contributed by atoms with Crippen molar-refractivity contribution in [2.24, 2.45) is 0 Å². The number of piperidine rings is 1. The third kappa shape index (κ3) is 3.91. The predicted molar refractivity (Wildman–Crippen MR) is 104 cm³/mol. The van der Waals surface area contributed by atoms with Crippen molar-refractivity contribution in [2.75, 3.05) is 46.8 Å². The van der Waals surface area contributed by atoms with Crippen LogP contribution in [0.3, 0.4) is 0 Å². The summed E-state index contributed by atoms with van der Waals surface area (Å²) in [7, 11) is 1.79. The molecular weight excluding hydrogens is 360 g/mol. The van der Waals surface area contributed by atoms with Gasteiger partial charge in [-0.1, -0.05) is 12.5 Å². The first-order valence-corrected chi connectivity index (χ1v) is 10.2. The maximum atomic E-state index is 12.5. The third-order valence-electron chi connectivity index (χ3n) is 6.24. The molecule has 28 heavy (non-hydrogen) atoms. The first-order chi connectivity index (χ1) is 13.6.